The van der Waals surface area contributed by atoms with Gasteiger partial charge in [-0.2, -0.15) is 5.56 Å². The molecule has 0 atom stereocenters. The Kier molecular flexibility index (Phi) is 8.90. The summed E-state index contributed by atoms with van der Waals surface area (Å²) in [4.78, 5) is 0. The summed E-state index contributed by atoms with van der Waals surface area (Å²) in [6, 6.07) is 13.9. The van der Waals surface area contributed by atoms with E-state index in [-0.39, 0.29) is 32.7 Å². The van der Waals surface area contributed by atoms with Gasteiger partial charge >= 0.3 is 0 Å². The van der Waals surface area contributed by atoms with Crippen LogP contribution in [0.5, 0.6) is 0 Å². The molecule has 137 valence electrons. The first kappa shape index (κ1) is 21.7. The summed E-state index contributed by atoms with van der Waals surface area (Å²) >= 11 is 0. The van der Waals surface area contributed by atoms with Gasteiger partial charge in [0.1, 0.15) is 0 Å². The Morgan fingerprint density at radius 1 is 0.846 bits per heavy atom. The van der Waals surface area contributed by atoms with Gasteiger partial charge in [-0.05, 0) is 48.6 Å². The summed E-state index contributed by atoms with van der Waals surface area (Å²) < 4.78 is 26.2. The molecule has 1 radical (unpaired) electrons. The minimum Gasteiger partial charge on any atom is -0.236 e. The number of hydrogen-bond donors (Lipinski definition) is 0. The first-order valence-corrected chi connectivity index (χ1v) is 9.56. The quantitative estimate of drug-likeness (QED) is 0.357. The van der Waals surface area contributed by atoms with E-state index in [0.29, 0.717) is 6.42 Å². The second-order valence-electron chi connectivity index (χ2n) is 7.59. The Morgan fingerprint density at radius 2 is 1.38 bits per heavy atom. The van der Waals surface area contributed by atoms with Gasteiger partial charge in [0.2, 0.25) is 0 Å². The fourth-order valence-electron chi connectivity index (χ4n) is 3.91. The predicted molar refractivity (Wildman–Crippen MR) is 98.7 cm³/mol. The predicted octanol–water partition coefficient (Wildman–Crippen LogP) is 6.62. The van der Waals surface area contributed by atoms with E-state index >= 15 is 0 Å². The maximum absolute atomic E-state index is 13.1. The van der Waals surface area contributed by atoms with Crippen molar-refractivity contribution >= 4 is 0 Å². The van der Waals surface area contributed by atoms with Gasteiger partial charge in [0, 0.05) is 44.3 Å². The summed E-state index contributed by atoms with van der Waals surface area (Å²) in [6.07, 6.45) is 9.04. The van der Waals surface area contributed by atoms with Crippen LogP contribution in [-0.2, 0) is 45.6 Å². The molecule has 0 nitrogen and oxygen atoms in total. The molecule has 26 heavy (non-hydrogen) atoms. The molecule has 2 aromatic carbocycles. The molecule has 0 amide bonds. The van der Waals surface area contributed by atoms with Crippen molar-refractivity contribution in [3.63, 3.8) is 0 Å². The van der Waals surface area contributed by atoms with Crippen molar-refractivity contribution in [1.82, 2.24) is 0 Å². The van der Waals surface area contributed by atoms with Gasteiger partial charge in [-0.25, -0.2) is 8.78 Å². The molecule has 0 saturated heterocycles. The normalized spacial score (nSPS) is 19.8. The van der Waals surface area contributed by atoms with E-state index in [1.165, 1.54) is 48.9 Å². The number of unbranched alkanes of at least 4 members (excludes halogenated alkanes) is 1. The van der Waals surface area contributed by atoms with Gasteiger partial charge < -0.3 is 0 Å². The summed E-state index contributed by atoms with van der Waals surface area (Å²) in [6.45, 7) is 2.36. The molecule has 1 aliphatic rings. The maximum atomic E-state index is 13.1. The minimum absolute atomic E-state index is 0. The average molecular weight is 430 g/mol. The SMILES string of the molecule is CC1CCC(c2ccc(CCCCc3cc(F)[c-]c(F)c3)cc2)CC1.[Y]. The van der Waals surface area contributed by atoms with Gasteiger partial charge in [-0.1, -0.05) is 56.9 Å². The Balaban J connectivity index is 0.00000243. The van der Waals surface area contributed by atoms with Crippen LogP contribution in [0.15, 0.2) is 36.4 Å². The van der Waals surface area contributed by atoms with Crippen LogP contribution in [0.25, 0.3) is 0 Å². The Labute approximate surface area is 181 Å². The smallest absolute Gasteiger partial charge is 0.0139 e. The Morgan fingerprint density at radius 3 is 1.96 bits per heavy atom. The average Bonchev–Trinajstić information content (AvgIpc) is 2.59. The number of hydrogen-bond acceptors (Lipinski definition) is 0. The van der Waals surface area contributed by atoms with Gasteiger partial charge in [0.05, 0.1) is 0 Å². The molecule has 0 N–H and O–H groups in total. The molecule has 0 unspecified atom stereocenters. The summed E-state index contributed by atoms with van der Waals surface area (Å²) in [5, 5.41) is 0. The van der Waals surface area contributed by atoms with Crippen LogP contribution in [0.3, 0.4) is 0 Å². The van der Waals surface area contributed by atoms with Gasteiger partial charge in [0.25, 0.3) is 0 Å². The number of rotatable bonds is 6. The van der Waals surface area contributed by atoms with E-state index in [4.69, 9.17) is 0 Å². The van der Waals surface area contributed by atoms with Crippen molar-refractivity contribution in [1.29, 1.82) is 0 Å². The van der Waals surface area contributed by atoms with Crippen molar-refractivity contribution in [3.05, 3.63) is 70.8 Å². The topological polar surface area (TPSA) is 0 Å². The van der Waals surface area contributed by atoms with Crippen molar-refractivity contribution in [2.45, 2.75) is 64.2 Å². The van der Waals surface area contributed by atoms with Crippen LogP contribution in [0.2, 0.25) is 0 Å². The first-order valence-electron chi connectivity index (χ1n) is 9.56. The van der Waals surface area contributed by atoms with E-state index in [2.05, 4.69) is 31.2 Å². The molecule has 3 rings (SSSR count). The van der Waals surface area contributed by atoms with E-state index in [1.807, 2.05) is 6.07 Å². The molecule has 0 aromatic heterocycles. The fraction of sp³-hybridized carbons (Fsp3) is 0.478. The zero-order valence-corrected chi connectivity index (χ0v) is 18.4. The van der Waals surface area contributed by atoms with Crippen LogP contribution in [0.1, 0.15) is 68.1 Å². The Hall–Kier alpha value is -0.596. The summed E-state index contributed by atoms with van der Waals surface area (Å²) in [5.41, 5.74) is 3.56. The van der Waals surface area contributed by atoms with Gasteiger partial charge in [-0.3, -0.25) is 0 Å². The van der Waals surface area contributed by atoms with E-state index in [1.54, 1.807) is 0 Å². The maximum Gasteiger partial charge on any atom is 0.0139 e. The van der Waals surface area contributed by atoms with Crippen molar-refractivity contribution in [2.75, 3.05) is 0 Å². The number of aryl methyl sites for hydroxylation is 2. The van der Waals surface area contributed by atoms with E-state index in [0.717, 1.165) is 36.7 Å². The molecule has 0 spiro atoms. The number of halogens is 2. The molecule has 1 saturated carbocycles. The second-order valence-corrected chi connectivity index (χ2v) is 7.59. The molecule has 1 aliphatic carbocycles. The fourth-order valence-corrected chi connectivity index (χ4v) is 3.91. The molecule has 2 aromatic rings. The zero-order valence-electron chi connectivity index (χ0n) is 15.6. The third-order valence-corrected chi connectivity index (χ3v) is 5.51. The van der Waals surface area contributed by atoms with Gasteiger partial charge in [0.15, 0.2) is 0 Å². The van der Waals surface area contributed by atoms with E-state index in [9.17, 15) is 8.78 Å². The minimum atomic E-state index is -0.609. The molecule has 0 heterocycles. The molecule has 3 heteroatoms. The molecule has 1 fully saturated rings. The van der Waals surface area contributed by atoms with Crippen molar-refractivity contribution in [3.8, 4) is 0 Å². The van der Waals surface area contributed by atoms with Crippen molar-refractivity contribution in [2.24, 2.45) is 5.92 Å². The summed E-state index contributed by atoms with van der Waals surface area (Å²) in [5.74, 6) is 0.412. The summed E-state index contributed by atoms with van der Waals surface area (Å²) in [7, 11) is 0. The van der Waals surface area contributed by atoms with Crippen molar-refractivity contribution < 1.29 is 41.5 Å². The standard InChI is InChI=1S/C23H27F2.Y/c1-17-6-10-20(11-7-17)21-12-8-18(9-13-21)4-2-3-5-19-14-22(24)16-23(25)15-19;/h8-9,12-15,17,20H,2-7,10-11H2,1H3;/q-1;. The van der Waals surface area contributed by atoms with Gasteiger partial charge in [-0.15, -0.1) is 18.2 Å². The second kappa shape index (κ2) is 10.7. The van der Waals surface area contributed by atoms with Crippen LogP contribution in [-0.4, -0.2) is 0 Å². The first-order chi connectivity index (χ1) is 12.1. The molecular weight excluding hydrogens is 403 g/mol. The Bertz CT molecular complexity index is 653. The van der Waals surface area contributed by atoms with Crippen LogP contribution in [0, 0.1) is 23.6 Å². The van der Waals surface area contributed by atoms with E-state index < -0.39 is 11.6 Å². The third kappa shape index (κ3) is 6.53. The third-order valence-electron chi connectivity index (χ3n) is 5.51. The monoisotopic (exact) mass is 430 g/mol. The molecule has 0 bridgehead atoms. The molecule has 0 aliphatic heterocycles. The zero-order chi connectivity index (χ0) is 17.6. The molecular formula is C23H27F2Y-. The largest absolute Gasteiger partial charge is 0.236 e. The van der Waals surface area contributed by atoms with Crippen LogP contribution >= 0.6 is 0 Å². The van der Waals surface area contributed by atoms with Crippen LogP contribution in [0.4, 0.5) is 8.78 Å². The van der Waals surface area contributed by atoms with Crippen LogP contribution < -0.4 is 0 Å². The number of benzene rings is 2.